The van der Waals surface area contributed by atoms with E-state index in [1.54, 1.807) is 4.90 Å². The molecule has 2 aliphatic heterocycles. The fraction of sp³-hybridized carbons (Fsp3) is 0.480. The standard InChI is InChI=1S/C25H33N3O7S2/c1-34-23-11-9-19(17-21(23)25(29)27-13-5-3-4-6-14-27)36(30,31)26-22-18-20(10-12-24(22)35-2)37(32,33)28-15-7-8-16-28/h9-12,17-18,26H,3-8,13-16H2,1-2H3. The van der Waals surface area contributed by atoms with Crippen LogP contribution in [0, 0.1) is 0 Å². The van der Waals surface area contributed by atoms with E-state index >= 15 is 0 Å². The van der Waals surface area contributed by atoms with Crippen LogP contribution in [0.15, 0.2) is 46.2 Å². The fourth-order valence-electron chi connectivity index (χ4n) is 4.67. The first kappa shape index (κ1) is 27.2. The molecule has 0 radical (unpaired) electrons. The third-order valence-electron chi connectivity index (χ3n) is 6.72. The number of nitrogens with one attached hydrogen (secondary N) is 1. The van der Waals surface area contributed by atoms with Crippen LogP contribution in [0.5, 0.6) is 11.5 Å². The van der Waals surface area contributed by atoms with Gasteiger partial charge in [-0.3, -0.25) is 9.52 Å². The molecule has 2 aliphatic rings. The van der Waals surface area contributed by atoms with Crippen molar-refractivity contribution in [3.05, 3.63) is 42.0 Å². The Kier molecular flexibility index (Phi) is 8.29. The molecule has 2 heterocycles. The van der Waals surface area contributed by atoms with E-state index in [2.05, 4.69) is 4.72 Å². The van der Waals surface area contributed by atoms with Crippen LogP contribution in [0.3, 0.4) is 0 Å². The Morgan fingerprint density at radius 1 is 0.757 bits per heavy atom. The number of hydrogen-bond donors (Lipinski definition) is 1. The van der Waals surface area contributed by atoms with E-state index in [1.807, 2.05) is 0 Å². The first-order valence-corrected chi connectivity index (χ1v) is 15.3. The molecule has 0 saturated carbocycles. The number of benzene rings is 2. The van der Waals surface area contributed by atoms with Crippen LogP contribution in [-0.4, -0.2) is 72.3 Å². The number of methoxy groups -OCH3 is 2. The zero-order chi connectivity index (χ0) is 26.6. The molecule has 12 heteroatoms. The number of carbonyl (C=O) groups is 1. The largest absolute Gasteiger partial charge is 0.496 e. The zero-order valence-electron chi connectivity index (χ0n) is 21.1. The number of carbonyl (C=O) groups excluding carboxylic acids is 1. The van der Waals surface area contributed by atoms with Crippen molar-refractivity contribution in [2.45, 2.75) is 48.3 Å². The van der Waals surface area contributed by atoms with Gasteiger partial charge in [-0.15, -0.1) is 0 Å². The van der Waals surface area contributed by atoms with Gasteiger partial charge in [0.05, 0.1) is 35.3 Å². The molecule has 10 nitrogen and oxygen atoms in total. The Morgan fingerprint density at radius 3 is 1.95 bits per heavy atom. The van der Waals surface area contributed by atoms with E-state index in [9.17, 15) is 21.6 Å². The van der Waals surface area contributed by atoms with Crippen molar-refractivity contribution in [3.63, 3.8) is 0 Å². The van der Waals surface area contributed by atoms with Crippen molar-refractivity contribution in [1.29, 1.82) is 0 Å². The highest BCUT2D eigenvalue weighted by Gasteiger charge is 2.29. The number of amides is 1. The Labute approximate surface area is 218 Å². The molecular weight excluding hydrogens is 518 g/mol. The summed E-state index contributed by atoms with van der Waals surface area (Å²) in [7, 11) is -5.19. The minimum absolute atomic E-state index is 0.0148. The molecular formula is C25H33N3O7S2. The number of hydrogen-bond acceptors (Lipinski definition) is 7. The Bertz CT molecular complexity index is 1350. The normalized spacial score (nSPS) is 17.3. The number of sulfonamides is 2. The van der Waals surface area contributed by atoms with E-state index < -0.39 is 20.0 Å². The van der Waals surface area contributed by atoms with E-state index in [4.69, 9.17) is 9.47 Å². The van der Waals surface area contributed by atoms with Gasteiger partial charge in [0.25, 0.3) is 15.9 Å². The number of ether oxygens (including phenoxy) is 2. The summed E-state index contributed by atoms with van der Waals surface area (Å²) in [4.78, 5) is 14.8. The summed E-state index contributed by atoms with van der Waals surface area (Å²) < 4.78 is 67.4. The summed E-state index contributed by atoms with van der Waals surface area (Å²) in [6, 6.07) is 8.17. The second-order valence-corrected chi connectivity index (χ2v) is 12.8. The molecule has 2 aromatic carbocycles. The SMILES string of the molecule is COc1ccc(S(=O)(=O)N2CCCC2)cc1NS(=O)(=O)c1ccc(OC)c(C(=O)N2CCCCCC2)c1. The average Bonchev–Trinajstić information content (AvgIpc) is 3.31. The minimum Gasteiger partial charge on any atom is -0.496 e. The molecule has 0 aliphatic carbocycles. The fourth-order valence-corrected chi connectivity index (χ4v) is 7.30. The van der Waals surface area contributed by atoms with Crippen LogP contribution < -0.4 is 14.2 Å². The highest BCUT2D eigenvalue weighted by Crippen LogP contribution is 2.33. The van der Waals surface area contributed by atoms with Crippen molar-refractivity contribution < 1.29 is 31.1 Å². The van der Waals surface area contributed by atoms with Gasteiger partial charge in [-0.2, -0.15) is 4.31 Å². The molecule has 2 fully saturated rings. The van der Waals surface area contributed by atoms with Gasteiger partial charge >= 0.3 is 0 Å². The zero-order valence-corrected chi connectivity index (χ0v) is 22.7. The second-order valence-electron chi connectivity index (χ2n) is 9.15. The predicted octanol–water partition coefficient (Wildman–Crippen LogP) is 3.31. The summed E-state index contributed by atoms with van der Waals surface area (Å²) in [6.07, 6.45) is 5.45. The molecule has 0 atom stereocenters. The molecule has 0 aromatic heterocycles. The molecule has 0 unspecified atom stereocenters. The van der Waals surface area contributed by atoms with E-state index in [1.165, 1.54) is 54.9 Å². The lowest BCUT2D eigenvalue weighted by Crippen LogP contribution is -2.32. The number of anilines is 1. The van der Waals surface area contributed by atoms with Crippen LogP contribution in [0.25, 0.3) is 0 Å². The Morgan fingerprint density at radius 2 is 1.32 bits per heavy atom. The van der Waals surface area contributed by atoms with Crippen molar-refractivity contribution in [2.75, 3.05) is 45.1 Å². The maximum absolute atomic E-state index is 13.4. The number of rotatable bonds is 8. The molecule has 0 spiro atoms. The third-order valence-corrected chi connectivity index (χ3v) is 9.98. The van der Waals surface area contributed by atoms with Gasteiger partial charge in [0.1, 0.15) is 11.5 Å². The minimum atomic E-state index is -4.21. The second kappa shape index (κ2) is 11.3. The highest BCUT2D eigenvalue weighted by atomic mass is 32.2. The molecule has 1 amide bonds. The predicted molar refractivity (Wildman–Crippen MR) is 139 cm³/mol. The maximum atomic E-state index is 13.4. The molecule has 37 heavy (non-hydrogen) atoms. The first-order chi connectivity index (χ1) is 17.7. The van der Waals surface area contributed by atoms with Crippen molar-refractivity contribution >= 4 is 31.6 Å². The van der Waals surface area contributed by atoms with Crippen LogP contribution in [0.1, 0.15) is 48.9 Å². The van der Waals surface area contributed by atoms with Gasteiger partial charge < -0.3 is 14.4 Å². The molecule has 0 bridgehead atoms. The quantitative estimate of drug-likeness (QED) is 0.534. The van der Waals surface area contributed by atoms with Gasteiger partial charge in [-0.05, 0) is 62.1 Å². The van der Waals surface area contributed by atoms with Gasteiger partial charge in [0.15, 0.2) is 0 Å². The van der Waals surface area contributed by atoms with E-state index in [0.29, 0.717) is 26.2 Å². The summed E-state index contributed by atoms with van der Waals surface area (Å²) in [5.74, 6) is 0.162. The Hall–Kier alpha value is -2.83. The molecule has 4 rings (SSSR count). The monoisotopic (exact) mass is 551 g/mol. The van der Waals surface area contributed by atoms with Crippen LogP contribution >= 0.6 is 0 Å². The van der Waals surface area contributed by atoms with Crippen LogP contribution in [0.2, 0.25) is 0 Å². The van der Waals surface area contributed by atoms with E-state index in [0.717, 1.165) is 38.5 Å². The average molecular weight is 552 g/mol. The lowest BCUT2D eigenvalue weighted by atomic mass is 10.1. The molecule has 2 saturated heterocycles. The van der Waals surface area contributed by atoms with Gasteiger partial charge in [0.2, 0.25) is 10.0 Å². The van der Waals surface area contributed by atoms with Gasteiger partial charge in [0, 0.05) is 26.2 Å². The summed E-state index contributed by atoms with van der Waals surface area (Å²) in [5, 5.41) is 0. The Balaban J connectivity index is 1.67. The van der Waals surface area contributed by atoms with Crippen molar-refractivity contribution in [1.82, 2.24) is 9.21 Å². The first-order valence-electron chi connectivity index (χ1n) is 12.4. The van der Waals surface area contributed by atoms with Crippen LogP contribution in [0.4, 0.5) is 5.69 Å². The van der Waals surface area contributed by atoms with Gasteiger partial charge in [-0.1, -0.05) is 12.8 Å². The lowest BCUT2D eigenvalue weighted by molar-refractivity contribution is 0.0758. The highest BCUT2D eigenvalue weighted by molar-refractivity contribution is 7.92. The smallest absolute Gasteiger partial charge is 0.262 e. The maximum Gasteiger partial charge on any atom is 0.262 e. The van der Waals surface area contributed by atoms with Crippen LogP contribution in [-0.2, 0) is 20.0 Å². The topological polar surface area (TPSA) is 122 Å². The van der Waals surface area contributed by atoms with Crippen molar-refractivity contribution in [2.24, 2.45) is 0 Å². The number of nitrogens with zero attached hydrogens (tertiary/aromatic N) is 2. The third kappa shape index (κ3) is 5.86. The number of likely N-dealkylation sites (tertiary alicyclic amines) is 1. The summed E-state index contributed by atoms with van der Waals surface area (Å²) in [6.45, 7) is 2.06. The van der Waals surface area contributed by atoms with E-state index in [-0.39, 0.29) is 38.4 Å². The molecule has 1 N–H and O–H groups in total. The lowest BCUT2D eigenvalue weighted by Gasteiger charge is -2.22. The molecule has 202 valence electrons. The van der Waals surface area contributed by atoms with Crippen molar-refractivity contribution in [3.8, 4) is 11.5 Å². The summed E-state index contributed by atoms with van der Waals surface area (Å²) >= 11 is 0. The summed E-state index contributed by atoms with van der Waals surface area (Å²) in [5.41, 5.74) is 0.142. The van der Waals surface area contributed by atoms with Gasteiger partial charge in [-0.25, -0.2) is 16.8 Å². The molecule has 2 aromatic rings.